The van der Waals surface area contributed by atoms with E-state index in [1.165, 1.54) is 12.1 Å². The molecule has 0 spiro atoms. The first-order valence-electron chi connectivity index (χ1n) is 5.72. The molecular weight excluding hydrogens is 278 g/mol. The van der Waals surface area contributed by atoms with Crippen LogP contribution in [0.15, 0.2) is 18.2 Å². The van der Waals surface area contributed by atoms with Gasteiger partial charge in [0.2, 0.25) is 0 Å². The molecule has 0 radical (unpaired) electrons. The van der Waals surface area contributed by atoms with Crippen LogP contribution in [-0.4, -0.2) is 42.8 Å². The number of rotatable bonds is 3. The summed E-state index contributed by atoms with van der Waals surface area (Å²) in [6.07, 6.45) is 0. The van der Waals surface area contributed by atoms with E-state index in [1.54, 1.807) is 6.07 Å². The Hall–Kier alpha value is -0.390. The van der Waals surface area contributed by atoms with Gasteiger partial charge >= 0.3 is 0 Å². The molecule has 1 aromatic rings. The van der Waals surface area contributed by atoms with Crippen LogP contribution in [0.5, 0.6) is 0 Å². The monoisotopic (exact) mass is 294 g/mol. The highest BCUT2D eigenvalue weighted by molar-refractivity contribution is 6.30. The van der Waals surface area contributed by atoms with E-state index in [0.29, 0.717) is 5.02 Å². The SMILES string of the molecule is Cl.OC[C@H](c1cc(F)cc(Cl)c1)N1CCNCC1. The molecule has 2 N–H and O–H groups in total. The van der Waals surface area contributed by atoms with Gasteiger partial charge in [-0.05, 0) is 23.8 Å². The number of hydrogen-bond donors (Lipinski definition) is 2. The molecule has 0 aromatic heterocycles. The highest BCUT2D eigenvalue weighted by Crippen LogP contribution is 2.24. The molecule has 3 nitrogen and oxygen atoms in total. The lowest BCUT2D eigenvalue weighted by Gasteiger charge is -2.34. The van der Waals surface area contributed by atoms with E-state index in [0.717, 1.165) is 31.7 Å². The predicted octanol–water partition coefficient (Wildman–Crippen LogP) is 1.84. The maximum Gasteiger partial charge on any atom is 0.125 e. The molecule has 6 heteroatoms. The van der Waals surface area contributed by atoms with Crippen LogP contribution in [0.2, 0.25) is 5.02 Å². The highest BCUT2D eigenvalue weighted by Gasteiger charge is 2.22. The zero-order chi connectivity index (χ0) is 12.3. The molecule has 0 aliphatic carbocycles. The molecule has 1 atom stereocenters. The normalized spacial score (nSPS) is 18.2. The number of nitrogens with one attached hydrogen (secondary N) is 1. The third-order valence-corrected chi connectivity index (χ3v) is 3.25. The van der Waals surface area contributed by atoms with Gasteiger partial charge in [-0.25, -0.2) is 4.39 Å². The molecule has 0 amide bonds. The van der Waals surface area contributed by atoms with Crippen molar-refractivity contribution in [2.45, 2.75) is 6.04 Å². The number of hydrogen-bond acceptors (Lipinski definition) is 3. The van der Waals surface area contributed by atoms with Crippen LogP contribution in [0.1, 0.15) is 11.6 Å². The van der Waals surface area contributed by atoms with Crippen LogP contribution in [-0.2, 0) is 0 Å². The first-order chi connectivity index (χ1) is 8.20. The van der Waals surface area contributed by atoms with Crippen molar-refractivity contribution < 1.29 is 9.50 Å². The first kappa shape index (κ1) is 15.7. The summed E-state index contributed by atoms with van der Waals surface area (Å²) in [6.45, 7) is 3.44. The highest BCUT2D eigenvalue weighted by atomic mass is 35.5. The number of benzene rings is 1. The summed E-state index contributed by atoms with van der Waals surface area (Å²) in [6, 6.07) is 4.25. The van der Waals surface area contributed by atoms with Crippen molar-refractivity contribution in [2.24, 2.45) is 0 Å². The molecule has 18 heavy (non-hydrogen) atoms. The lowest BCUT2D eigenvalue weighted by Crippen LogP contribution is -2.46. The van der Waals surface area contributed by atoms with Gasteiger partial charge in [-0.15, -0.1) is 12.4 Å². The molecule has 1 aliphatic heterocycles. The van der Waals surface area contributed by atoms with Crippen LogP contribution in [0, 0.1) is 5.82 Å². The molecule has 1 aromatic carbocycles. The van der Waals surface area contributed by atoms with Crippen molar-refractivity contribution in [1.82, 2.24) is 10.2 Å². The minimum absolute atomic E-state index is 0. The Balaban J connectivity index is 0.00000162. The number of halogens is 3. The molecule has 102 valence electrons. The summed E-state index contributed by atoms with van der Waals surface area (Å²) in [7, 11) is 0. The first-order valence-corrected chi connectivity index (χ1v) is 6.10. The molecule has 0 saturated carbocycles. The Morgan fingerprint density at radius 2 is 2.00 bits per heavy atom. The Kier molecular flexibility index (Phi) is 6.32. The molecule has 1 fully saturated rings. The van der Waals surface area contributed by atoms with E-state index < -0.39 is 0 Å². The fraction of sp³-hybridized carbons (Fsp3) is 0.500. The van der Waals surface area contributed by atoms with Gasteiger partial charge in [0, 0.05) is 31.2 Å². The Bertz CT molecular complexity index is 366. The quantitative estimate of drug-likeness (QED) is 0.893. The average molecular weight is 295 g/mol. The zero-order valence-electron chi connectivity index (χ0n) is 9.90. The van der Waals surface area contributed by atoms with Gasteiger partial charge < -0.3 is 10.4 Å². The van der Waals surface area contributed by atoms with Crippen LogP contribution < -0.4 is 5.32 Å². The fourth-order valence-electron chi connectivity index (χ4n) is 2.19. The van der Waals surface area contributed by atoms with Crippen LogP contribution in [0.3, 0.4) is 0 Å². The van der Waals surface area contributed by atoms with E-state index in [-0.39, 0.29) is 30.9 Å². The summed E-state index contributed by atoms with van der Waals surface area (Å²) in [4.78, 5) is 2.14. The summed E-state index contributed by atoms with van der Waals surface area (Å²) in [5.41, 5.74) is 0.736. The zero-order valence-corrected chi connectivity index (χ0v) is 11.5. The average Bonchev–Trinajstić information content (AvgIpc) is 2.30. The van der Waals surface area contributed by atoms with Crippen LogP contribution in [0.4, 0.5) is 4.39 Å². The number of aliphatic hydroxyl groups excluding tert-OH is 1. The number of nitrogens with zero attached hydrogens (tertiary/aromatic N) is 1. The second-order valence-electron chi connectivity index (χ2n) is 4.19. The van der Waals surface area contributed by atoms with Crippen molar-refractivity contribution >= 4 is 24.0 Å². The van der Waals surface area contributed by atoms with Gasteiger partial charge in [-0.2, -0.15) is 0 Å². The molecule has 1 heterocycles. The van der Waals surface area contributed by atoms with Crippen molar-refractivity contribution in [3.05, 3.63) is 34.6 Å². The maximum absolute atomic E-state index is 13.3. The van der Waals surface area contributed by atoms with E-state index >= 15 is 0 Å². The summed E-state index contributed by atoms with van der Waals surface area (Å²) < 4.78 is 13.3. The summed E-state index contributed by atoms with van der Waals surface area (Å²) >= 11 is 5.84. The molecular formula is C12H17Cl2FN2O. The summed E-state index contributed by atoms with van der Waals surface area (Å²) in [5, 5.41) is 13.1. The maximum atomic E-state index is 13.3. The Morgan fingerprint density at radius 1 is 1.33 bits per heavy atom. The third-order valence-electron chi connectivity index (χ3n) is 3.03. The van der Waals surface area contributed by atoms with Gasteiger partial charge in [0.05, 0.1) is 12.6 Å². The summed E-state index contributed by atoms with van der Waals surface area (Å²) in [5.74, 6) is -0.360. The van der Waals surface area contributed by atoms with Crippen LogP contribution in [0.25, 0.3) is 0 Å². The molecule has 0 unspecified atom stereocenters. The standard InChI is InChI=1S/C12H16ClFN2O.ClH/c13-10-5-9(6-11(14)7-10)12(8-17)16-3-1-15-2-4-16;/h5-7,12,15,17H,1-4,8H2;1H/t12-;/m1./s1. The van der Waals surface area contributed by atoms with Gasteiger partial charge in [-0.3, -0.25) is 4.90 Å². The fourth-order valence-corrected chi connectivity index (χ4v) is 2.42. The van der Waals surface area contributed by atoms with Crippen molar-refractivity contribution in [3.8, 4) is 0 Å². The molecule has 2 rings (SSSR count). The van der Waals surface area contributed by atoms with Gasteiger partial charge in [0.15, 0.2) is 0 Å². The smallest absolute Gasteiger partial charge is 0.125 e. The molecule has 1 saturated heterocycles. The number of aliphatic hydroxyl groups is 1. The molecule has 1 aliphatic rings. The second-order valence-corrected chi connectivity index (χ2v) is 4.62. The predicted molar refractivity (Wildman–Crippen MR) is 72.9 cm³/mol. The largest absolute Gasteiger partial charge is 0.394 e. The van der Waals surface area contributed by atoms with Crippen LogP contribution >= 0.6 is 24.0 Å². The second kappa shape index (κ2) is 7.26. The van der Waals surface area contributed by atoms with Crippen molar-refractivity contribution in [2.75, 3.05) is 32.8 Å². The van der Waals surface area contributed by atoms with Crippen molar-refractivity contribution in [3.63, 3.8) is 0 Å². The lowest BCUT2D eigenvalue weighted by molar-refractivity contribution is 0.110. The van der Waals surface area contributed by atoms with Crippen molar-refractivity contribution in [1.29, 1.82) is 0 Å². The number of piperazine rings is 1. The van der Waals surface area contributed by atoms with E-state index in [9.17, 15) is 9.50 Å². The Morgan fingerprint density at radius 3 is 2.56 bits per heavy atom. The topological polar surface area (TPSA) is 35.5 Å². The van der Waals surface area contributed by atoms with Gasteiger partial charge in [0.1, 0.15) is 5.82 Å². The van der Waals surface area contributed by atoms with Gasteiger partial charge in [-0.1, -0.05) is 11.6 Å². The molecule has 0 bridgehead atoms. The van der Waals surface area contributed by atoms with E-state index in [2.05, 4.69) is 10.2 Å². The minimum Gasteiger partial charge on any atom is -0.394 e. The van der Waals surface area contributed by atoms with E-state index in [4.69, 9.17) is 11.6 Å². The van der Waals surface area contributed by atoms with Gasteiger partial charge in [0.25, 0.3) is 0 Å². The minimum atomic E-state index is -0.360. The third kappa shape index (κ3) is 3.80. The lowest BCUT2D eigenvalue weighted by atomic mass is 10.1. The van der Waals surface area contributed by atoms with E-state index in [1.807, 2.05) is 0 Å². The Labute approximate surface area is 117 Å².